The number of hydrogen-bond acceptors (Lipinski definition) is 2. The van der Waals surface area contributed by atoms with Gasteiger partial charge in [-0.2, -0.15) is 4.39 Å². The molecule has 0 spiro atoms. The van der Waals surface area contributed by atoms with Gasteiger partial charge in [-0.05, 0) is 23.3 Å². The summed E-state index contributed by atoms with van der Waals surface area (Å²) in [6.07, 6.45) is -2.34. The maximum atomic E-state index is 12.8. The van der Waals surface area contributed by atoms with E-state index in [9.17, 15) is 9.18 Å². The summed E-state index contributed by atoms with van der Waals surface area (Å²) in [7, 11) is 0. The first-order chi connectivity index (χ1) is 8.66. The molecule has 2 aromatic rings. The van der Waals surface area contributed by atoms with E-state index in [1.807, 2.05) is 30.3 Å². The molecule has 0 aliphatic carbocycles. The van der Waals surface area contributed by atoms with Gasteiger partial charge in [0, 0.05) is 0 Å². The molecule has 18 heavy (non-hydrogen) atoms. The summed E-state index contributed by atoms with van der Waals surface area (Å²) in [5, 5.41) is 8.38. The first kappa shape index (κ1) is 12.1. The van der Waals surface area contributed by atoms with Crippen molar-refractivity contribution < 1.29 is 19.0 Å². The summed E-state index contributed by atoms with van der Waals surface area (Å²) in [4.78, 5) is 10.3. The number of benzene rings is 2. The van der Waals surface area contributed by atoms with E-state index >= 15 is 0 Å². The van der Waals surface area contributed by atoms with Crippen LogP contribution in [0.15, 0.2) is 54.6 Å². The average molecular weight is 246 g/mol. The molecule has 0 amide bonds. The summed E-state index contributed by atoms with van der Waals surface area (Å²) in [5.74, 6) is -1.45. The molecule has 0 radical (unpaired) electrons. The highest BCUT2D eigenvalue weighted by Crippen LogP contribution is 2.22. The third kappa shape index (κ3) is 2.85. The molecular formula is C14H11FO3. The Balaban J connectivity index is 2.13. The monoisotopic (exact) mass is 246 g/mol. The van der Waals surface area contributed by atoms with E-state index in [4.69, 9.17) is 5.11 Å². The number of carboxylic acid groups (broad SMARTS) is 1. The molecule has 0 fully saturated rings. The lowest BCUT2D eigenvalue weighted by atomic mass is 10.1. The van der Waals surface area contributed by atoms with Crippen LogP contribution in [-0.2, 0) is 4.79 Å². The van der Waals surface area contributed by atoms with Crippen LogP contribution in [0.3, 0.4) is 0 Å². The maximum Gasteiger partial charge on any atom is 0.378 e. The summed E-state index contributed by atoms with van der Waals surface area (Å²) in [5.41, 5.74) is 1.98. The molecule has 1 N–H and O–H groups in total. The Labute approximate surface area is 103 Å². The van der Waals surface area contributed by atoms with Gasteiger partial charge in [0.1, 0.15) is 5.75 Å². The van der Waals surface area contributed by atoms with Crippen LogP contribution in [0.2, 0.25) is 0 Å². The van der Waals surface area contributed by atoms with Crippen molar-refractivity contribution in [3.05, 3.63) is 54.6 Å². The Hall–Kier alpha value is -2.36. The molecule has 0 aliphatic heterocycles. The molecule has 0 aromatic heterocycles. The van der Waals surface area contributed by atoms with Crippen molar-refractivity contribution in [1.82, 2.24) is 0 Å². The highest BCUT2D eigenvalue weighted by atomic mass is 19.1. The zero-order valence-electron chi connectivity index (χ0n) is 9.42. The van der Waals surface area contributed by atoms with Crippen LogP contribution in [0.25, 0.3) is 11.1 Å². The molecule has 1 atom stereocenters. The summed E-state index contributed by atoms with van der Waals surface area (Å²) >= 11 is 0. The molecule has 0 aliphatic rings. The summed E-state index contributed by atoms with van der Waals surface area (Å²) in [6, 6.07) is 16.2. The maximum absolute atomic E-state index is 12.8. The van der Waals surface area contributed by atoms with E-state index in [1.54, 1.807) is 12.1 Å². The molecule has 3 nitrogen and oxygen atoms in total. The minimum absolute atomic E-state index is 0.185. The second-order valence-electron chi connectivity index (χ2n) is 3.66. The first-order valence-electron chi connectivity index (χ1n) is 5.36. The van der Waals surface area contributed by atoms with Gasteiger partial charge in [0.15, 0.2) is 0 Å². The van der Waals surface area contributed by atoms with Gasteiger partial charge in [0.25, 0.3) is 0 Å². The van der Waals surface area contributed by atoms with E-state index in [-0.39, 0.29) is 5.75 Å². The zero-order chi connectivity index (χ0) is 13.0. The van der Waals surface area contributed by atoms with Crippen LogP contribution in [0.5, 0.6) is 5.75 Å². The number of carbonyl (C=O) groups is 1. The predicted molar refractivity (Wildman–Crippen MR) is 65.0 cm³/mol. The van der Waals surface area contributed by atoms with Crippen molar-refractivity contribution in [3.63, 3.8) is 0 Å². The smallest absolute Gasteiger partial charge is 0.378 e. The Morgan fingerprint density at radius 2 is 1.56 bits per heavy atom. The fourth-order valence-electron chi connectivity index (χ4n) is 1.53. The van der Waals surface area contributed by atoms with Gasteiger partial charge in [-0.3, -0.25) is 0 Å². The van der Waals surface area contributed by atoms with Gasteiger partial charge in [0.2, 0.25) is 0 Å². The second-order valence-corrected chi connectivity index (χ2v) is 3.66. The molecule has 1 unspecified atom stereocenters. The van der Waals surface area contributed by atoms with Crippen LogP contribution >= 0.6 is 0 Å². The third-order valence-electron chi connectivity index (χ3n) is 2.40. The zero-order valence-corrected chi connectivity index (χ0v) is 9.42. The van der Waals surface area contributed by atoms with Gasteiger partial charge < -0.3 is 9.84 Å². The Morgan fingerprint density at radius 1 is 1.00 bits per heavy atom. The van der Waals surface area contributed by atoms with Crippen molar-refractivity contribution >= 4 is 5.97 Å². The Kier molecular flexibility index (Phi) is 3.57. The third-order valence-corrected chi connectivity index (χ3v) is 2.40. The van der Waals surface area contributed by atoms with Gasteiger partial charge in [0.05, 0.1) is 0 Å². The highest BCUT2D eigenvalue weighted by Gasteiger charge is 2.16. The normalized spacial score (nSPS) is 11.8. The second kappa shape index (κ2) is 5.31. The number of halogens is 1. The first-order valence-corrected chi connectivity index (χ1v) is 5.36. The SMILES string of the molecule is O=C(O)C(F)Oc1ccc(-c2ccccc2)cc1. The lowest BCUT2D eigenvalue weighted by Crippen LogP contribution is -2.21. The van der Waals surface area contributed by atoms with E-state index in [0.29, 0.717) is 0 Å². The molecule has 0 saturated carbocycles. The number of rotatable bonds is 4. The fourth-order valence-corrected chi connectivity index (χ4v) is 1.53. The van der Waals surface area contributed by atoms with Crippen LogP contribution in [-0.4, -0.2) is 17.4 Å². The topological polar surface area (TPSA) is 46.5 Å². The van der Waals surface area contributed by atoms with Crippen molar-refractivity contribution in [2.45, 2.75) is 6.36 Å². The quantitative estimate of drug-likeness (QED) is 0.901. The fraction of sp³-hybridized carbons (Fsp3) is 0.0714. The molecule has 2 rings (SSSR count). The molecule has 0 saturated heterocycles. The average Bonchev–Trinajstić information content (AvgIpc) is 2.40. The van der Waals surface area contributed by atoms with E-state index in [2.05, 4.69) is 4.74 Å². The largest absolute Gasteiger partial charge is 0.476 e. The minimum Gasteiger partial charge on any atom is -0.476 e. The van der Waals surface area contributed by atoms with Gasteiger partial charge in [-0.1, -0.05) is 42.5 Å². The number of alkyl halides is 1. The van der Waals surface area contributed by atoms with Crippen LogP contribution in [0.4, 0.5) is 4.39 Å². The van der Waals surface area contributed by atoms with E-state index in [0.717, 1.165) is 11.1 Å². The van der Waals surface area contributed by atoms with Crippen LogP contribution < -0.4 is 4.74 Å². The van der Waals surface area contributed by atoms with Gasteiger partial charge >= 0.3 is 12.3 Å². The van der Waals surface area contributed by atoms with Gasteiger partial charge in [-0.25, -0.2) is 4.79 Å². The molecule has 4 heteroatoms. The Bertz CT molecular complexity index is 522. The van der Waals surface area contributed by atoms with Crippen molar-refractivity contribution in [1.29, 1.82) is 0 Å². The number of carboxylic acids is 1. The summed E-state index contributed by atoms with van der Waals surface area (Å²) in [6.45, 7) is 0. The van der Waals surface area contributed by atoms with E-state index < -0.39 is 12.3 Å². The lowest BCUT2D eigenvalue weighted by molar-refractivity contribution is -0.153. The minimum atomic E-state index is -2.34. The van der Waals surface area contributed by atoms with Crippen molar-refractivity contribution in [2.24, 2.45) is 0 Å². The molecule has 92 valence electrons. The number of hydrogen-bond donors (Lipinski definition) is 1. The number of ether oxygens (including phenoxy) is 1. The molecular weight excluding hydrogens is 235 g/mol. The van der Waals surface area contributed by atoms with Crippen molar-refractivity contribution in [2.75, 3.05) is 0 Å². The van der Waals surface area contributed by atoms with E-state index in [1.165, 1.54) is 12.1 Å². The molecule has 0 bridgehead atoms. The molecule has 2 aromatic carbocycles. The number of aliphatic carboxylic acids is 1. The van der Waals surface area contributed by atoms with Crippen LogP contribution in [0.1, 0.15) is 0 Å². The molecule has 0 heterocycles. The summed E-state index contributed by atoms with van der Waals surface area (Å²) < 4.78 is 17.4. The highest BCUT2D eigenvalue weighted by molar-refractivity contribution is 5.71. The van der Waals surface area contributed by atoms with Crippen LogP contribution in [0, 0.1) is 0 Å². The predicted octanol–water partition coefficient (Wildman–Crippen LogP) is 3.11. The van der Waals surface area contributed by atoms with Crippen molar-refractivity contribution in [3.8, 4) is 16.9 Å². The standard InChI is InChI=1S/C14H11FO3/c15-13(14(16)17)18-12-8-6-11(7-9-12)10-4-2-1-3-5-10/h1-9,13H,(H,16,17). The van der Waals surface area contributed by atoms with Gasteiger partial charge in [-0.15, -0.1) is 0 Å². The Morgan fingerprint density at radius 3 is 2.11 bits per heavy atom. The lowest BCUT2D eigenvalue weighted by Gasteiger charge is -2.08.